The fourth-order valence-corrected chi connectivity index (χ4v) is 4.58. The fourth-order valence-electron chi connectivity index (χ4n) is 4.36. The van der Waals surface area contributed by atoms with Crippen molar-refractivity contribution in [3.63, 3.8) is 0 Å². The molecule has 0 amide bonds. The summed E-state index contributed by atoms with van der Waals surface area (Å²) in [4.78, 5) is 23.2. The Bertz CT molecular complexity index is 1620. The molecule has 2 N–H and O–H groups in total. The molecule has 0 aliphatic carbocycles. The first-order valence-corrected chi connectivity index (χ1v) is 10.7. The molecule has 1 aliphatic heterocycles. The third kappa shape index (κ3) is 3.67. The molecule has 1 aliphatic rings. The topological polar surface area (TPSA) is 112 Å². The van der Waals surface area contributed by atoms with Gasteiger partial charge in [-0.3, -0.25) is 9.36 Å². The number of nitrogen functional groups attached to an aromatic ring is 1. The summed E-state index contributed by atoms with van der Waals surface area (Å²) >= 11 is 6.24. The predicted molar refractivity (Wildman–Crippen MR) is 131 cm³/mol. The van der Waals surface area contributed by atoms with E-state index in [1.807, 2.05) is 0 Å². The van der Waals surface area contributed by atoms with Crippen molar-refractivity contribution in [2.75, 3.05) is 17.2 Å². The second kappa shape index (κ2) is 8.20. The molecule has 1 fully saturated rings. The molecule has 180 valence electrons. The summed E-state index contributed by atoms with van der Waals surface area (Å²) in [6.07, 6.45) is 2.39. The first-order valence-electron chi connectivity index (χ1n) is 10.3. The van der Waals surface area contributed by atoms with Gasteiger partial charge in [0.1, 0.15) is 5.52 Å². The number of rotatable bonds is 3. The summed E-state index contributed by atoms with van der Waals surface area (Å²) in [6.45, 7) is -0.668. The summed E-state index contributed by atoms with van der Waals surface area (Å²) in [6, 6.07) is 10.8. The van der Waals surface area contributed by atoms with Crippen molar-refractivity contribution in [2.45, 2.75) is 18.4 Å². The van der Waals surface area contributed by atoms with Crippen molar-refractivity contribution in [1.82, 2.24) is 33.8 Å². The third-order valence-electron chi connectivity index (χ3n) is 5.76. The number of fused-ring (bicyclic) bond motifs is 2. The number of hydrogen-bond donors (Lipinski definition) is 1. The molecule has 35 heavy (non-hydrogen) atoms. The van der Waals surface area contributed by atoms with Crippen molar-refractivity contribution in [1.29, 1.82) is 0 Å². The Kier molecular flexibility index (Phi) is 5.40. The zero-order valence-corrected chi connectivity index (χ0v) is 19.6. The Morgan fingerprint density at radius 3 is 2.66 bits per heavy atom. The van der Waals surface area contributed by atoms with Crippen LogP contribution in [0.2, 0.25) is 5.02 Å². The zero-order valence-electron chi connectivity index (χ0n) is 17.9. The van der Waals surface area contributed by atoms with Crippen LogP contribution in [0.1, 0.15) is 18.3 Å². The molecule has 10 nitrogen and oxygen atoms in total. The standard InChI is InChI=1S/C21H16ClF2N9O.H2S/c22-13-7-9-31-16(13)18(34)32(12-4-2-1-3-5-12)17(29-31)14-10-21(23,24)11-30(14)20-28-19(25)27-15-6-8-26-33(15)20;/h1-9,14H,10-11H2,(H2,25,27);1H2/t14-;/m0./s1. The van der Waals surface area contributed by atoms with Crippen molar-refractivity contribution in [3.8, 4) is 5.69 Å². The van der Waals surface area contributed by atoms with Crippen LogP contribution in [-0.4, -0.2) is 46.2 Å². The minimum absolute atomic E-state index is 0. The second-order valence-corrected chi connectivity index (χ2v) is 8.39. The molecule has 0 saturated carbocycles. The van der Waals surface area contributed by atoms with Crippen LogP contribution in [0.5, 0.6) is 0 Å². The molecule has 0 unspecified atom stereocenters. The lowest BCUT2D eigenvalue weighted by atomic mass is 10.1. The number of nitrogens with zero attached hydrogens (tertiary/aromatic N) is 8. The molecule has 14 heteroatoms. The predicted octanol–water partition coefficient (Wildman–Crippen LogP) is 2.86. The van der Waals surface area contributed by atoms with Crippen LogP contribution >= 0.6 is 25.1 Å². The largest absolute Gasteiger partial charge is 0.368 e. The molecule has 1 saturated heterocycles. The number of nitrogens with two attached hydrogens (primary N) is 1. The van der Waals surface area contributed by atoms with Crippen LogP contribution in [0.4, 0.5) is 20.7 Å². The first kappa shape index (κ1) is 23.1. The van der Waals surface area contributed by atoms with E-state index in [9.17, 15) is 13.6 Å². The Morgan fingerprint density at radius 1 is 1.11 bits per heavy atom. The van der Waals surface area contributed by atoms with Crippen molar-refractivity contribution in [3.05, 3.63) is 76.1 Å². The summed E-state index contributed by atoms with van der Waals surface area (Å²) in [7, 11) is 0. The minimum atomic E-state index is -3.09. The van der Waals surface area contributed by atoms with E-state index in [1.165, 1.54) is 37.0 Å². The molecular weight excluding hydrogens is 500 g/mol. The number of aromatic nitrogens is 7. The quantitative estimate of drug-likeness (QED) is 0.391. The van der Waals surface area contributed by atoms with E-state index in [0.717, 1.165) is 0 Å². The van der Waals surface area contributed by atoms with E-state index >= 15 is 0 Å². The van der Waals surface area contributed by atoms with Crippen molar-refractivity contribution >= 4 is 48.2 Å². The van der Waals surface area contributed by atoms with E-state index < -0.39 is 30.5 Å². The minimum Gasteiger partial charge on any atom is -0.368 e. The van der Waals surface area contributed by atoms with Gasteiger partial charge in [0.2, 0.25) is 11.9 Å². The Labute approximate surface area is 208 Å². The highest BCUT2D eigenvalue weighted by Crippen LogP contribution is 2.42. The van der Waals surface area contributed by atoms with Crippen LogP contribution in [0.15, 0.2) is 59.7 Å². The van der Waals surface area contributed by atoms with Crippen LogP contribution in [0.25, 0.3) is 16.9 Å². The number of halogens is 3. The average Bonchev–Trinajstić information content (AvgIpc) is 3.50. The zero-order chi connectivity index (χ0) is 23.6. The molecule has 0 spiro atoms. The maximum absolute atomic E-state index is 14.9. The van der Waals surface area contributed by atoms with Gasteiger partial charge in [0.15, 0.2) is 11.5 Å². The van der Waals surface area contributed by atoms with Gasteiger partial charge in [0, 0.05) is 18.7 Å². The van der Waals surface area contributed by atoms with Gasteiger partial charge in [-0.1, -0.05) is 29.8 Å². The van der Waals surface area contributed by atoms with E-state index in [-0.39, 0.29) is 41.8 Å². The lowest BCUT2D eigenvalue weighted by Crippen LogP contribution is -2.34. The summed E-state index contributed by atoms with van der Waals surface area (Å²) in [5, 5.41) is 8.94. The number of anilines is 2. The van der Waals surface area contributed by atoms with Gasteiger partial charge in [-0.05, 0) is 18.2 Å². The van der Waals surface area contributed by atoms with E-state index in [4.69, 9.17) is 17.3 Å². The fraction of sp³-hybridized carbons (Fsp3) is 0.190. The second-order valence-electron chi connectivity index (χ2n) is 7.98. The van der Waals surface area contributed by atoms with Crippen LogP contribution < -0.4 is 16.2 Å². The van der Waals surface area contributed by atoms with Crippen LogP contribution in [0.3, 0.4) is 0 Å². The molecule has 0 bridgehead atoms. The lowest BCUT2D eigenvalue weighted by molar-refractivity contribution is 0.0218. The Morgan fingerprint density at radius 2 is 1.89 bits per heavy atom. The molecule has 5 aromatic rings. The van der Waals surface area contributed by atoms with Gasteiger partial charge in [-0.25, -0.2) is 13.3 Å². The number of benzene rings is 1. The van der Waals surface area contributed by atoms with E-state index in [0.29, 0.717) is 11.3 Å². The normalized spacial score (nSPS) is 17.2. The summed E-state index contributed by atoms with van der Waals surface area (Å²) < 4.78 is 33.8. The molecule has 1 atom stereocenters. The Hall–Kier alpha value is -3.71. The number of alkyl halides is 2. The smallest absolute Gasteiger partial charge is 0.284 e. The highest BCUT2D eigenvalue weighted by Gasteiger charge is 2.49. The van der Waals surface area contributed by atoms with E-state index in [2.05, 4.69) is 20.2 Å². The highest BCUT2D eigenvalue weighted by molar-refractivity contribution is 7.59. The summed E-state index contributed by atoms with van der Waals surface area (Å²) in [5.41, 5.74) is 6.35. The maximum Gasteiger partial charge on any atom is 0.284 e. The molecule has 0 radical (unpaired) electrons. The van der Waals surface area contributed by atoms with Crippen LogP contribution in [0, 0.1) is 0 Å². The third-order valence-corrected chi connectivity index (χ3v) is 6.06. The molecule has 6 rings (SSSR count). The number of hydrogen-bond acceptors (Lipinski definition) is 7. The monoisotopic (exact) mass is 517 g/mol. The lowest BCUT2D eigenvalue weighted by Gasteiger charge is -2.26. The Balaban J connectivity index is 0.00000253. The summed E-state index contributed by atoms with van der Waals surface area (Å²) in [5.74, 6) is -3.00. The number of para-hydroxylation sites is 1. The highest BCUT2D eigenvalue weighted by atomic mass is 35.5. The maximum atomic E-state index is 14.9. The van der Waals surface area contributed by atoms with Gasteiger partial charge in [0.05, 0.1) is 29.5 Å². The van der Waals surface area contributed by atoms with Gasteiger partial charge in [-0.2, -0.15) is 38.2 Å². The SMILES string of the molecule is Nc1nc(N2CC(F)(F)C[C@H]2c2nn3ccc(Cl)c3c(=O)n2-c2ccccc2)n2nccc2n1.S. The van der Waals surface area contributed by atoms with Gasteiger partial charge >= 0.3 is 0 Å². The van der Waals surface area contributed by atoms with Crippen molar-refractivity contribution < 1.29 is 8.78 Å². The average molecular weight is 518 g/mol. The molecule has 1 aromatic carbocycles. The molecule has 5 heterocycles. The van der Waals surface area contributed by atoms with Crippen molar-refractivity contribution in [2.24, 2.45) is 0 Å². The van der Waals surface area contributed by atoms with Gasteiger partial charge < -0.3 is 10.6 Å². The molecular formula is C21H18ClF2N9OS. The van der Waals surface area contributed by atoms with Gasteiger partial charge in [-0.15, -0.1) is 0 Å². The first-order chi connectivity index (χ1) is 16.3. The van der Waals surface area contributed by atoms with E-state index in [1.54, 1.807) is 36.4 Å². The van der Waals surface area contributed by atoms with Crippen LogP contribution in [-0.2, 0) is 0 Å². The molecule has 4 aromatic heterocycles. The van der Waals surface area contributed by atoms with Gasteiger partial charge in [0.25, 0.3) is 11.5 Å².